The Hall–Kier alpha value is -0.220. The van der Waals surface area contributed by atoms with E-state index >= 15 is 0 Å². The maximum atomic E-state index is 10.9. The number of ether oxygens (including phenoxy) is 1. The highest BCUT2D eigenvalue weighted by Crippen LogP contribution is 2.16. The minimum atomic E-state index is -0.0935. The van der Waals surface area contributed by atoms with Gasteiger partial charge in [0.2, 0.25) is 0 Å². The van der Waals surface area contributed by atoms with Gasteiger partial charge in [0, 0.05) is 30.5 Å². The molecule has 0 aromatic heterocycles. The summed E-state index contributed by atoms with van der Waals surface area (Å²) < 4.78 is 4.60. The summed E-state index contributed by atoms with van der Waals surface area (Å²) in [6.07, 6.45) is 1.47. The summed E-state index contributed by atoms with van der Waals surface area (Å²) in [6, 6.07) is 0.659. The topological polar surface area (TPSA) is 29.5 Å². The van der Waals surface area contributed by atoms with Crippen LogP contribution in [0.2, 0.25) is 0 Å². The van der Waals surface area contributed by atoms with E-state index in [-0.39, 0.29) is 5.97 Å². The zero-order valence-corrected chi connectivity index (χ0v) is 9.81. The number of methoxy groups -OCH3 is 1. The van der Waals surface area contributed by atoms with E-state index in [1.54, 1.807) is 0 Å². The van der Waals surface area contributed by atoms with Gasteiger partial charge in [-0.25, -0.2) is 0 Å². The van der Waals surface area contributed by atoms with Crippen molar-refractivity contribution in [3.8, 4) is 0 Å². The molecular weight excluding hydrogens is 198 g/mol. The summed E-state index contributed by atoms with van der Waals surface area (Å²) in [5.74, 6) is 2.35. The van der Waals surface area contributed by atoms with Gasteiger partial charge in [0.05, 0.1) is 7.11 Å². The first-order valence-corrected chi connectivity index (χ1v) is 6.28. The Labute approximate surface area is 90.2 Å². The molecule has 1 rings (SSSR count). The van der Waals surface area contributed by atoms with Crippen molar-refractivity contribution in [2.24, 2.45) is 0 Å². The van der Waals surface area contributed by atoms with Gasteiger partial charge >= 0.3 is 5.97 Å². The minimum absolute atomic E-state index is 0.0935. The van der Waals surface area contributed by atoms with Gasteiger partial charge in [-0.15, -0.1) is 0 Å². The van der Waals surface area contributed by atoms with E-state index < -0.39 is 0 Å². The molecule has 0 aliphatic carbocycles. The second-order valence-electron chi connectivity index (χ2n) is 3.64. The summed E-state index contributed by atoms with van der Waals surface area (Å²) >= 11 is 2.02. The smallest absolute Gasteiger partial charge is 0.305 e. The van der Waals surface area contributed by atoms with Crippen molar-refractivity contribution in [1.29, 1.82) is 0 Å². The maximum Gasteiger partial charge on any atom is 0.305 e. The first-order valence-electron chi connectivity index (χ1n) is 5.12. The quantitative estimate of drug-likeness (QED) is 0.665. The molecule has 0 unspecified atom stereocenters. The maximum absolute atomic E-state index is 10.9. The van der Waals surface area contributed by atoms with Crippen LogP contribution in [0.25, 0.3) is 0 Å². The summed E-state index contributed by atoms with van der Waals surface area (Å²) in [5, 5.41) is 0. The van der Waals surface area contributed by atoms with Crippen molar-refractivity contribution in [2.45, 2.75) is 25.8 Å². The normalized spacial score (nSPS) is 23.4. The number of carbonyl (C=O) groups is 1. The third kappa shape index (κ3) is 3.88. The summed E-state index contributed by atoms with van der Waals surface area (Å²) in [4.78, 5) is 13.3. The molecule has 1 saturated heterocycles. The lowest BCUT2D eigenvalue weighted by atomic mass is 10.2. The Morgan fingerprint density at radius 2 is 2.43 bits per heavy atom. The van der Waals surface area contributed by atoms with Crippen LogP contribution in [0, 0.1) is 0 Å². The van der Waals surface area contributed by atoms with Gasteiger partial charge in [0.25, 0.3) is 0 Å². The monoisotopic (exact) mass is 217 g/mol. The van der Waals surface area contributed by atoms with Gasteiger partial charge in [-0.3, -0.25) is 9.69 Å². The SMILES string of the molecule is COC(=O)CCCN1CCSC[C@H]1C. The van der Waals surface area contributed by atoms with E-state index in [1.165, 1.54) is 18.6 Å². The van der Waals surface area contributed by atoms with Gasteiger partial charge < -0.3 is 4.74 Å². The lowest BCUT2D eigenvalue weighted by Crippen LogP contribution is -2.40. The van der Waals surface area contributed by atoms with Crippen LogP contribution < -0.4 is 0 Å². The fourth-order valence-electron chi connectivity index (χ4n) is 1.62. The zero-order chi connectivity index (χ0) is 10.4. The van der Waals surface area contributed by atoms with E-state index in [0.717, 1.165) is 19.5 Å². The summed E-state index contributed by atoms with van der Waals surface area (Å²) in [7, 11) is 1.45. The Morgan fingerprint density at radius 1 is 1.64 bits per heavy atom. The number of hydrogen-bond acceptors (Lipinski definition) is 4. The molecule has 0 amide bonds. The molecule has 0 spiro atoms. The predicted octanol–water partition coefficient (Wildman–Crippen LogP) is 1.38. The molecule has 1 fully saturated rings. The first kappa shape index (κ1) is 11.9. The van der Waals surface area contributed by atoms with E-state index in [9.17, 15) is 4.79 Å². The standard InChI is InChI=1S/C10H19NO2S/c1-9-8-14-7-6-11(9)5-3-4-10(12)13-2/h9H,3-8H2,1-2H3/t9-/m1/s1. The fourth-order valence-corrected chi connectivity index (χ4v) is 2.70. The van der Waals surface area contributed by atoms with Crippen molar-refractivity contribution in [3.05, 3.63) is 0 Å². The van der Waals surface area contributed by atoms with Crippen molar-refractivity contribution in [1.82, 2.24) is 4.90 Å². The molecule has 1 aliphatic rings. The highest BCUT2D eigenvalue weighted by Gasteiger charge is 2.17. The Balaban J connectivity index is 2.13. The van der Waals surface area contributed by atoms with Crippen LogP contribution in [0.3, 0.4) is 0 Å². The summed E-state index contributed by atoms with van der Waals surface area (Å²) in [5.41, 5.74) is 0. The average Bonchev–Trinajstić information content (AvgIpc) is 2.20. The molecule has 1 aliphatic heterocycles. The van der Waals surface area contributed by atoms with Crippen molar-refractivity contribution >= 4 is 17.7 Å². The molecule has 0 aromatic rings. The Bertz CT molecular complexity index is 187. The molecular formula is C10H19NO2S. The average molecular weight is 217 g/mol. The predicted molar refractivity (Wildman–Crippen MR) is 59.6 cm³/mol. The molecule has 1 atom stereocenters. The number of hydrogen-bond donors (Lipinski definition) is 0. The third-order valence-electron chi connectivity index (χ3n) is 2.56. The molecule has 3 nitrogen and oxygen atoms in total. The van der Waals surface area contributed by atoms with Crippen molar-refractivity contribution < 1.29 is 9.53 Å². The lowest BCUT2D eigenvalue weighted by Gasteiger charge is -2.32. The molecule has 1 heterocycles. The van der Waals surface area contributed by atoms with Crippen LogP contribution in [0.5, 0.6) is 0 Å². The number of carbonyl (C=O) groups excluding carboxylic acids is 1. The van der Waals surface area contributed by atoms with Crippen molar-refractivity contribution in [2.75, 3.05) is 31.7 Å². The molecule has 0 bridgehead atoms. The molecule has 0 N–H and O–H groups in total. The van der Waals surface area contributed by atoms with E-state index in [0.29, 0.717) is 12.5 Å². The molecule has 82 valence electrons. The van der Waals surface area contributed by atoms with E-state index in [1.807, 2.05) is 11.8 Å². The van der Waals surface area contributed by atoms with Crippen LogP contribution in [0.4, 0.5) is 0 Å². The van der Waals surface area contributed by atoms with Gasteiger partial charge in [-0.1, -0.05) is 0 Å². The highest BCUT2D eigenvalue weighted by molar-refractivity contribution is 7.99. The van der Waals surface area contributed by atoms with Crippen molar-refractivity contribution in [3.63, 3.8) is 0 Å². The second-order valence-corrected chi connectivity index (χ2v) is 4.79. The largest absolute Gasteiger partial charge is 0.469 e. The number of nitrogens with zero attached hydrogens (tertiary/aromatic N) is 1. The highest BCUT2D eigenvalue weighted by atomic mass is 32.2. The number of rotatable bonds is 4. The van der Waals surface area contributed by atoms with Crippen LogP contribution >= 0.6 is 11.8 Å². The zero-order valence-electron chi connectivity index (χ0n) is 8.99. The molecule has 0 aromatic carbocycles. The van der Waals surface area contributed by atoms with Crippen LogP contribution in [0.1, 0.15) is 19.8 Å². The number of thioether (sulfide) groups is 1. The third-order valence-corrected chi connectivity index (χ3v) is 3.75. The lowest BCUT2D eigenvalue weighted by molar-refractivity contribution is -0.140. The van der Waals surface area contributed by atoms with Gasteiger partial charge in [0.15, 0.2) is 0 Å². The molecule has 0 radical (unpaired) electrons. The van der Waals surface area contributed by atoms with Gasteiger partial charge in [-0.05, 0) is 19.9 Å². The number of esters is 1. The first-order chi connectivity index (χ1) is 6.74. The van der Waals surface area contributed by atoms with Gasteiger partial charge in [-0.2, -0.15) is 11.8 Å². The summed E-state index contributed by atoms with van der Waals surface area (Å²) in [6.45, 7) is 4.44. The van der Waals surface area contributed by atoms with E-state index in [2.05, 4.69) is 16.6 Å². The van der Waals surface area contributed by atoms with E-state index in [4.69, 9.17) is 0 Å². The second kappa shape index (κ2) is 6.30. The van der Waals surface area contributed by atoms with Crippen LogP contribution in [-0.4, -0.2) is 48.6 Å². The fraction of sp³-hybridized carbons (Fsp3) is 0.900. The minimum Gasteiger partial charge on any atom is -0.469 e. The molecule has 4 heteroatoms. The van der Waals surface area contributed by atoms with Crippen LogP contribution in [-0.2, 0) is 9.53 Å². The van der Waals surface area contributed by atoms with Gasteiger partial charge in [0.1, 0.15) is 0 Å². The Morgan fingerprint density at radius 3 is 3.07 bits per heavy atom. The van der Waals surface area contributed by atoms with Crippen LogP contribution in [0.15, 0.2) is 0 Å². The Kier molecular flexibility index (Phi) is 5.33. The molecule has 0 saturated carbocycles. The molecule has 14 heavy (non-hydrogen) atoms.